The maximum Gasteiger partial charge on any atom is 1.00 e. The molecular formula is C8H8Na2O6S2. The molecule has 18 heavy (non-hydrogen) atoms. The summed E-state index contributed by atoms with van der Waals surface area (Å²) in [5.41, 5.74) is -0.103. The number of benzene rings is 1. The first-order valence-corrected chi connectivity index (χ1v) is 6.88. The van der Waals surface area contributed by atoms with Crippen LogP contribution < -0.4 is 59.1 Å². The fourth-order valence-electron chi connectivity index (χ4n) is 1.45. The van der Waals surface area contributed by atoms with Crippen LogP contribution in [-0.2, 0) is 20.2 Å². The Balaban J connectivity index is 0. The van der Waals surface area contributed by atoms with Crippen molar-refractivity contribution < 1.29 is 85.1 Å². The molecule has 6 nitrogen and oxygen atoms in total. The normalized spacial score (nSPS) is 11.3. The molecule has 0 bridgehead atoms. The van der Waals surface area contributed by atoms with Gasteiger partial charge in [0.1, 0.15) is 20.2 Å². The van der Waals surface area contributed by atoms with Crippen LogP contribution in [0.4, 0.5) is 0 Å². The number of rotatable bonds is 2. The summed E-state index contributed by atoms with van der Waals surface area (Å²) in [4.78, 5) is -1.03. The van der Waals surface area contributed by atoms with E-state index in [-0.39, 0.29) is 70.2 Å². The summed E-state index contributed by atoms with van der Waals surface area (Å²) in [5, 5.41) is 0. The largest absolute Gasteiger partial charge is 1.00 e. The molecule has 0 atom stereocenters. The van der Waals surface area contributed by atoms with E-state index in [0.717, 1.165) is 12.1 Å². The van der Waals surface area contributed by atoms with E-state index in [1.165, 1.54) is 13.8 Å². The van der Waals surface area contributed by atoms with Gasteiger partial charge in [0, 0.05) is 0 Å². The Labute approximate surface area is 150 Å². The summed E-state index contributed by atoms with van der Waals surface area (Å²) in [6.45, 7) is 2.51. The topological polar surface area (TPSA) is 114 Å². The molecule has 90 valence electrons. The van der Waals surface area contributed by atoms with Crippen LogP contribution in [0.3, 0.4) is 0 Å². The Morgan fingerprint density at radius 1 is 0.833 bits per heavy atom. The monoisotopic (exact) mass is 310 g/mol. The van der Waals surface area contributed by atoms with Crippen LogP contribution in [0.25, 0.3) is 0 Å². The summed E-state index contributed by atoms with van der Waals surface area (Å²) in [7, 11) is -9.33. The molecule has 0 N–H and O–H groups in total. The molecule has 0 radical (unpaired) electrons. The predicted molar refractivity (Wildman–Crippen MR) is 51.8 cm³/mol. The van der Waals surface area contributed by atoms with E-state index in [4.69, 9.17) is 0 Å². The van der Waals surface area contributed by atoms with Gasteiger partial charge < -0.3 is 9.11 Å². The first kappa shape index (κ1) is 21.3. The van der Waals surface area contributed by atoms with E-state index < -0.39 is 30.0 Å². The molecule has 0 aliphatic heterocycles. The van der Waals surface area contributed by atoms with Crippen molar-refractivity contribution in [3.8, 4) is 0 Å². The van der Waals surface area contributed by atoms with Crippen LogP contribution in [0, 0.1) is 13.8 Å². The van der Waals surface area contributed by atoms with E-state index in [2.05, 4.69) is 0 Å². The minimum atomic E-state index is -4.67. The first-order valence-electron chi connectivity index (χ1n) is 4.06. The molecule has 0 aromatic heterocycles. The number of hydrogen-bond acceptors (Lipinski definition) is 6. The van der Waals surface area contributed by atoms with Crippen molar-refractivity contribution in [1.29, 1.82) is 0 Å². The molecule has 1 rings (SSSR count). The van der Waals surface area contributed by atoms with E-state index in [0.29, 0.717) is 0 Å². The van der Waals surface area contributed by atoms with Crippen molar-refractivity contribution in [2.24, 2.45) is 0 Å². The van der Waals surface area contributed by atoms with Gasteiger partial charge in [-0.3, -0.25) is 0 Å². The second-order valence-electron chi connectivity index (χ2n) is 3.29. The van der Waals surface area contributed by atoms with Gasteiger partial charge in [0.2, 0.25) is 0 Å². The number of hydrogen-bond donors (Lipinski definition) is 0. The predicted octanol–water partition coefficient (Wildman–Crippen LogP) is -5.88. The van der Waals surface area contributed by atoms with Crippen molar-refractivity contribution in [2.45, 2.75) is 23.6 Å². The van der Waals surface area contributed by atoms with E-state index >= 15 is 0 Å². The summed E-state index contributed by atoms with van der Waals surface area (Å²) in [6.07, 6.45) is 0. The van der Waals surface area contributed by atoms with Gasteiger partial charge in [-0.05, 0) is 37.1 Å². The van der Waals surface area contributed by atoms with Gasteiger partial charge in [-0.25, -0.2) is 16.8 Å². The third-order valence-electron chi connectivity index (χ3n) is 1.97. The molecule has 0 heterocycles. The second-order valence-corrected chi connectivity index (χ2v) is 5.99. The summed E-state index contributed by atoms with van der Waals surface area (Å²) in [5.74, 6) is 0. The Morgan fingerprint density at radius 2 is 1.17 bits per heavy atom. The maximum absolute atomic E-state index is 10.9. The fraction of sp³-hybridized carbons (Fsp3) is 0.250. The Bertz CT molecular complexity index is 613. The van der Waals surface area contributed by atoms with E-state index in [1.807, 2.05) is 0 Å². The van der Waals surface area contributed by atoms with Gasteiger partial charge >= 0.3 is 59.1 Å². The van der Waals surface area contributed by atoms with Crippen LogP contribution in [0.15, 0.2) is 21.9 Å². The van der Waals surface area contributed by atoms with Crippen molar-refractivity contribution in [3.63, 3.8) is 0 Å². The fourth-order valence-corrected chi connectivity index (χ4v) is 3.00. The molecule has 0 saturated carbocycles. The van der Waals surface area contributed by atoms with Crippen LogP contribution in [-0.4, -0.2) is 25.9 Å². The minimum absolute atomic E-state index is 0. The maximum atomic E-state index is 10.9. The van der Waals surface area contributed by atoms with E-state index in [1.54, 1.807) is 0 Å². The van der Waals surface area contributed by atoms with Gasteiger partial charge in [-0.1, -0.05) is 0 Å². The molecule has 10 heteroatoms. The third kappa shape index (κ3) is 5.20. The molecule has 1 aromatic carbocycles. The van der Waals surface area contributed by atoms with Crippen LogP contribution in [0.1, 0.15) is 11.1 Å². The molecular weight excluding hydrogens is 302 g/mol. The van der Waals surface area contributed by atoms with Gasteiger partial charge in [-0.15, -0.1) is 0 Å². The van der Waals surface area contributed by atoms with Crippen molar-refractivity contribution in [3.05, 3.63) is 23.3 Å². The summed E-state index contributed by atoms with van der Waals surface area (Å²) in [6, 6.07) is 1.75. The zero-order valence-electron chi connectivity index (χ0n) is 10.4. The summed E-state index contributed by atoms with van der Waals surface area (Å²) < 4.78 is 64.7. The Kier molecular flexibility index (Phi) is 8.49. The average molecular weight is 310 g/mol. The molecule has 0 fully saturated rings. The Hall–Kier alpha value is 1.04. The molecule has 1 aromatic rings. The molecule has 0 aliphatic carbocycles. The second kappa shape index (κ2) is 7.16. The first-order chi connectivity index (χ1) is 7.03. The van der Waals surface area contributed by atoms with Gasteiger partial charge in [0.15, 0.2) is 0 Å². The van der Waals surface area contributed by atoms with Gasteiger partial charge in [-0.2, -0.15) is 0 Å². The Morgan fingerprint density at radius 3 is 1.39 bits per heavy atom. The quantitative estimate of drug-likeness (QED) is 0.397. The molecule has 0 saturated heterocycles. The van der Waals surface area contributed by atoms with Crippen molar-refractivity contribution in [1.82, 2.24) is 0 Å². The van der Waals surface area contributed by atoms with Gasteiger partial charge in [0.05, 0.1) is 9.79 Å². The SMILES string of the molecule is Cc1cc(S(=O)(=O)[O-])cc(C)c1S(=O)(=O)[O-].[Na+].[Na+]. The van der Waals surface area contributed by atoms with Gasteiger partial charge in [0.25, 0.3) is 0 Å². The van der Waals surface area contributed by atoms with Crippen LogP contribution >= 0.6 is 0 Å². The number of aryl methyl sites for hydroxylation is 2. The van der Waals surface area contributed by atoms with Crippen molar-refractivity contribution >= 4 is 20.2 Å². The van der Waals surface area contributed by atoms with Crippen LogP contribution in [0.2, 0.25) is 0 Å². The zero-order valence-corrected chi connectivity index (χ0v) is 16.1. The standard InChI is InChI=1S/C8H10O6S2.2Na/c1-5-3-7(15(9,10)11)4-6(2)8(5)16(12,13)14;;/h3-4H,1-2H3,(H,9,10,11)(H,12,13,14);;/q;2*+1/p-2. The summed E-state index contributed by atoms with van der Waals surface area (Å²) >= 11 is 0. The smallest absolute Gasteiger partial charge is 0.744 e. The average Bonchev–Trinajstić information content (AvgIpc) is 1.97. The van der Waals surface area contributed by atoms with Crippen LogP contribution in [0.5, 0.6) is 0 Å². The molecule has 0 aliphatic rings. The minimum Gasteiger partial charge on any atom is -0.744 e. The third-order valence-corrected chi connectivity index (χ3v) is 3.93. The molecule has 0 spiro atoms. The molecule has 0 amide bonds. The zero-order chi connectivity index (χ0) is 12.7. The van der Waals surface area contributed by atoms with E-state index in [9.17, 15) is 25.9 Å². The molecule has 0 unspecified atom stereocenters. The van der Waals surface area contributed by atoms with Crippen molar-refractivity contribution in [2.75, 3.05) is 0 Å².